The monoisotopic (exact) mass is 410 g/mol. The van der Waals surface area contributed by atoms with Crippen LogP contribution in [0.15, 0.2) is 90.5 Å². The molecule has 0 amide bonds. The summed E-state index contributed by atoms with van der Waals surface area (Å²) in [6, 6.07) is 25.3. The molecular formula is C28H26O3. The first-order valence-electron chi connectivity index (χ1n) is 10.7. The highest BCUT2D eigenvalue weighted by atomic mass is 16.5. The van der Waals surface area contributed by atoms with E-state index in [0.29, 0.717) is 17.7 Å². The molecule has 0 aliphatic heterocycles. The average Bonchev–Trinajstić information content (AvgIpc) is 3.25. The molecule has 0 saturated carbocycles. The summed E-state index contributed by atoms with van der Waals surface area (Å²) in [5.74, 6) is 1.04. The van der Waals surface area contributed by atoms with Crippen LogP contribution in [0.2, 0.25) is 0 Å². The van der Waals surface area contributed by atoms with Crippen molar-refractivity contribution in [2.24, 2.45) is 0 Å². The Kier molecular flexibility index (Phi) is 6.13. The molecule has 0 N–H and O–H groups in total. The van der Waals surface area contributed by atoms with Gasteiger partial charge in [-0.1, -0.05) is 72.8 Å². The standard InChI is InChI=1S/C28H26O3/c1-3-31-24-15-13-21(14-16-24)25-17-18-26(28(30)23-7-5-4-6-8-23)27(25)22-11-9-20(10-12-22)19(2)29/h4-16,18,25,27H,3,17H2,1-2H3/t25-,27-/m1/s1. The summed E-state index contributed by atoms with van der Waals surface area (Å²) < 4.78 is 5.59. The number of Topliss-reactive ketones (excluding diaryl/α,β-unsaturated/α-hetero) is 2. The van der Waals surface area contributed by atoms with Crippen molar-refractivity contribution in [1.82, 2.24) is 0 Å². The van der Waals surface area contributed by atoms with Crippen molar-refractivity contribution in [1.29, 1.82) is 0 Å². The zero-order chi connectivity index (χ0) is 21.8. The Morgan fingerprint density at radius 3 is 2.10 bits per heavy atom. The molecule has 1 aliphatic rings. The number of hydrogen-bond donors (Lipinski definition) is 0. The molecule has 2 atom stereocenters. The Hall–Kier alpha value is -3.46. The van der Waals surface area contributed by atoms with Gasteiger partial charge in [-0.3, -0.25) is 9.59 Å². The summed E-state index contributed by atoms with van der Waals surface area (Å²) >= 11 is 0. The lowest BCUT2D eigenvalue weighted by Gasteiger charge is -2.24. The van der Waals surface area contributed by atoms with Gasteiger partial charge in [0, 0.05) is 22.6 Å². The van der Waals surface area contributed by atoms with Crippen LogP contribution in [0.25, 0.3) is 0 Å². The number of ether oxygens (including phenoxy) is 1. The van der Waals surface area contributed by atoms with E-state index in [0.717, 1.165) is 23.3 Å². The van der Waals surface area contributed by atoms with Crippen LogP contribution in [-0.4, -0.2) is 18.2 Å². The summed E-state index contributed by atoms with van der Waals surface area (Å²) in [5.41, 5.74) is 4.43. The minimum Gasteiger partial charge on any atom is -0.494 e. The maximum Gasteiger partial charge on any atom is 0.189 e. The van der Waals surface area contributed by atoms with E-state index >= 15 is 0 Å². The van der Waals surface area contributed by atoms with Gasteiger partial charge < -0.3 is 4.74 Å². The van der Waals surface area contributed by atoms with Crippen LogP contribution < -0.4 is 4.74 Å². The largest absolute Gasteiger partial charge is 0.494 e. The molecule has 0 saturated heterocycles. The minimum absolute atomic E-state index is 0.0390. The molecule has 0 spiro atoms. The maximum atomic E-state index is 13.4. The lowest BCUT2D eigenvalue weighted by atomic mass is 9.78. The van der Waals surface area contributed by atoms with E-state index in [1.165, 1.54) is 5.56 Å². The number of rotatable bonds is 7. The second-order valence-corrected chi connectivity index (χ2v) is 7.85. The number of hydrogen-bond acceptors (Lipinski definition) is 3. The molecule has 1 aliphatic carbocycles. The zero-order valence-corrected chi connectivity index (χ0v) is 17.9. The maximum absolute atomic E-state index is 13.4. The van der Waals surface area contributed by atoms with Gasteiger partial charge in [-0.05, 0) is 49.4 Å². The van der Waals surface area contributed by atoms with Gasteiger partial charge in [0.15, 0.2) is 11.6 Å². The van der Waals surface area contributed by atoms with Gasteiger partial charge in [0.25, 0.3) is 0 Å². The molecule has 3 heteroatoms. The molecule has 0 bridgehead atoms. The normalized spacial score (nSPS) is 17.8. The molecule has 3 aromatic rings. The van der Waals surface area contributed by atoms with Gasteiger partial charge in [-0.2, -0.15) is 0 Å². The van der Waals surface area contributed by atoms with Gasteiger partial charge >= 0.3 is 0 Å². The molecule has 0 unspecified atom stereocenters. The molecular weight excluding hydrogens is 384 g/mol. The molecule has 3 aromatic carbocycles. The quantitative estimate of drug-likeness (QED) is 0.425. The summed E-state index contributed by atoms with van der Waals surface area (Å²) in [6.45, 7) is 4.17. The third-order valence-electron chi connectivity index (χ3n) is 5.92. The summed E-state index contributed by atoms with van der Waals surface area (Å²) in [7, 11) is 0. The van der Waals surface area contributed by atoms with Crippen LogP contribution in [0.4, 0.5) is 0 Å². The van der Waals surface area contributed by atoms with Crippen LogP contribution in [0.1, 0.15) is 63.9 Å². The van der Waals surface area contributed by atoms with Gasteiger partial charge in [0.05, 0.1) is 6.61 Å². The highest BCUT2D eigenvalue weighted by molar-refractivity contribution is 6.10. The topological polar surface area (TPSA) is 43.4 Å². The van der Waals surface area contributed by atoms with E-state index in [1.54, 1.807) is 6.92 Å². The number of carbonyl (C=O) groups is 2. The SMILES string of the molecule is CCOc1ccc([C@H]2CC=C(C(=O)c3ccccc3)[C@@H]2c2ccc(C(C)=O)cc2)cc1. The van der Waals surface area contributed by atoms with Crippen LogP contribution in [0.5, 0.6) is 5.75 Å². The van der Waals surface area contributed by atoms with Crippen LogP contribution in [0, 0.1) is 0 Å². The van der Waals surface area contributed by atoms with Crippen molar-refractivity contribution in [3.05, 3.63) is 113 Å². The predicted octanol–water partition coefficient (Wildman–Crippen LogP) is 6.37. The van der Waals surface area contributed by atoms with E-state index in [-0.39, 0.29) is 23.4 Å². The molecule has 156 valence electrons. The summed E-state index contributed by atoms with van der Waals surface area (Å²) in [4.78, 5) is 25.1. The molecule has 0 aromatic heterocycles. The molecule has 31 heavy (non-hydrogen) atoms. The molecule has 0 radical (unpaired) electrons. The van der Waals surface area contributed by atoms with E-state index < -0.39 is 0 Å². The van der Waals surface area contributed by atoms with E-state index in [4.69, 9.17) is 4.74 Å². The second-order valence-electron chi connectivity index (χ2n) is 7.85. The highest BCUT2D eigenvalue weighted by Gasteiger charge is 2.35. The lowest BCUT2D eigenvalue weighted by molar-refractivity contribution is 0.101. The average molecular weight is 411 g/mol. The van der Waals surface area contributed by atoms with Crippen molar-refractivity contribution in [2.45, 2.75) is 32.1 Å². The van der Waals surface area contributed by atoms with E-state index in [9.17, 15) is 9.59 Å². The third-order valence-corrected chi connectivity index (χ3v) is 5.92. The number of ketones is 2. The van der Waals surface area contributed by atoms with Gasteiger partial charge in [0.1, 0.15) is 5.75 Å². The van der Waals surface area contributed by atoms with Crippen molar-refractivity contribution in [2.75, 3.05) is 6.61 Å². The van der Waals surface area contributed by atoms with Crippen LogP contribution in [-0.2, 0) is 0 Å². The molecule has 3 nitrogen and oxygen atoms in total. The Bertz CT molecular complexity index is 1090. The molecule has 0 fully saturated rings. The second kappa shape index (κ2) is 9.13. The number of carbonyl (C=O) groups excluding carboxylic acids is 2. The van der Waals surface area contributed by atoms with Crippen LogP contribution in [0.3, 0.4) is 0 Å². The highest BCUT2D eigenvalue weighted by Crippen LogP contribution is 2.47. The first-order chi connectivity index (χ1) is 15.1. The van der Waals surface area contributed by atoms with Crippen molar-refractivity contribution >= 4 is 11.6 Å². The van der Waals surface area contributed by atoms with Gasteiger partial charge in [-0.25, -0.2) is 0 Å². The Balaban J connectivity index is 1.71. The van der Waals surface area contributed by atoms with Crippen LogP contribution >= 0.6 is 0 Å². The zero-order valence-electron chi connectivity index (χ0n) is 17.9. The predicted molar refractivity (Wildman–Crippen MR) is 123 cm³/mol. The van der Waals surface area contributed by atoms with Crippen molar-refractivity contribution < 1.29 is 14.3 Å². The Morgan fingerprint density at radius 2 is 1.48 bits per heavy atom. The first-order valence-corrected chi connectivity index (χ1v) is 10.7. The Labute approximate surface area is 183 Å². The number of allylic oxidation sites excluding steroid dienone is 2. The number of benzene rings is 3. The molecule has 0 heterocycles. The van der Waals surface area contributed by atoms with Crippen molar-refractivity contribution in [3.63, 3.8) is 0 Å². The summed E-state index contributed by atoms with van der Waals surface area (Å²) in [5, 5.41) is 0. The fourth-order valence-electron chi connectivity index (χ4n) is 4.37. The lowest BCUT2D eigenvalue weighted by Crippen LogP contribution is -2.14. The third kappa shape index (κ3) is 4.36. The fourth-order valence-corrected chi connectivity index (χ4v) is 4.37. The smallest absolute Gasteiger partial charge is 0.189 e. The van der Waals surface area contributed by atoms with Crippen molar-refractivity contribution in [3.8, 4) is 5.75 Å². The minimum atomic E-state index is -0.0633. The first kappa shape index (κ1) is 20.8. The molecule has 4 rings (SSSR count). The van der Waals surface area contributed by atoms with E-state index in [1.807, 2.05) is 73.7 Å². The van der Waals surface area contributed by atoms with Gasteiger partial charge in [-0.15, -0.1) is 0 Å². The Morgan fingerprint density at radius 1 is 0.839 bits per heavy atom. The van der Waals surface area contributed by atoms with Gasteiger partial charge in [0.2, 0.25) is 0 Å². The summed E-state index contributed by atoms with van der Waals surface area (Å²) in [6.07, 6.45) is 2.88. The van der Waals surface area contributed by atoms with E-state index in [2.05, 4.69) is 18.2 Å². The fraction of sp³-hybridized carbons (Fsp3) is 0.214.